The number of amides is 3. The number of rotatable bonds is 6. The van der Waals surface area contributed by atoms with Crippen LogP contribution in [0.2, 0.25) is 0 Å². The summed E-state index contributed by atoms with van der Waals surface area (Å²) in [4.78, 5) is 26.7. The number of hydrogen-bond acceptors (Lipinski definition) is 3. The van der Waals surface area contributed by atoms with Crippen LogP contribution in [0.15, 0.2) is 24.3 Å². The largest absolute Gasteiger partial charge is 0.495 e. The Labute approximate surface area is 144 Å². The molecule has 2 N–H and O–H groups in total. The number of para-hydroxylation sites is 2. The number of urea groups is 1. The van der Waals surface area contributed by atoms with Gasteiger partial charge in [-0.15, -0.1) is 0 Å². The van der Waals surface area contributed by atoms with Gasteiger partial charge in [-0.3, -0.25) is 4.79 Å². The molecule has 1 aliphatic rings. The van der Waals surface area contributed by atoms with Gasteiger partial charge in [0.25, 0.3) is 0 Å². The van der Waals surface area contributed by atoms with Crippen molar-refractivity contribution in [3.8, 4) is 5.75 Å². The summed E-state index contributed by atoms with van der Waals surface area (Å²) in [5.41, 5.74) is 5.55. The quantitative estimate of drug-likeness (QED) is 0.846. The molecule has 0 saturated heterocycles. The third-order valence-electron chi connectivity index (χ3n) is 5.02. The summed E-state index contributed by atoms with van der Waals surface area (Å²) in [6, 6.07) is 6.28. The number of benzene rings is 1. The molecule has 0 spiro atoms. The van der Waals surface area contributed by atoms with Crippen LogP contribution in [0, 0.1) is 5.41 Å². The first-order valence-corrected chi connectivity index (χ1v) is 8.83. The summed E-state index contributed by atoms with van der Waals surface area (Å²) in [6.07, 6.45) is 7.65. The lowest BCUT2D eigenvalue weighted by atomic mass is 9.70. The summed E-state index contributed by atoms with van der Waals surface area (Å²) in [7, 11) is 1.52. The van der Waals surface area contributed by atoms with Crippen LogP contribution in [0.25, 0.3) is 0 Å². The number of nitrogens with two attached hydrogens (primary N) is 1. The Kier molecular flexibility index (Phi) is 6.23. The smallest absolute Gasteiger partial charge is 0.326 e. The van der Waals surface area contributed by atoms with Crippen molar-refractivity contribution in [2.45, 2.75) is 58.3 Å². The summed E-state index contributed by atoms with van der Waals surface area (Å²) in [5.74, 6) is 0.304. The van der Waals surface area contributed by atoms with Crippen LogP contribution in [-0.4, -0.2) is 19.0 Å². The Balaban J connectivity index is 2.41. The highest BCUT2D eigenvalue weighted by molar-refractivity contribution is 6.16. The van der Waals surface area contributed by atoms with Crippen molar-refractivity contribution in [1.82, 2.24) is 0 Å². The van der Waals surface area contributed by atoms with E-state index >= 15 is 0 Å². The molecule has 0 aliphatic heterocycles. The van der Waals surface area contributed by atoms with E-state index in [4.69, 9.17) is 10.5 Å². The molecule has 1 aromatic rings. The van der Waals surface area contributed by atoms with E-state index in [-0.39, 0.29) is 5.91 Å². The maximum absolute atomic E-state index is 13.4. The standard InChI is InChI=1S/C19H28N2O3/c1-3-4-12-19(13-8-5-9-14-19)17(22)21(18(20)23)15-10-6-7-11-16(15)24-2/h6-7,10-11H,3-5,8-9,12-14H2,1-2H3,(H2,20,23). The summed E-state index contributed by atoms with van der Waals surface area (Å²) in [5, 5.41) is 0. The Morgan fingerprint density at radius 2 is 1.88 bits per heavy atom. The van der Waals surface area contributed by atoms with Crippen molar-refractivity contribution in [3.05, 3.63) is 24.3 Å². The molecule has 0 heterocycles. The Hall–Kier alpha value is -2.04. The number of methoxy groups -OCH3 is 1. The molecule has 5 nitrogen and oxygen atoms in total. The maximum atomic E-state index is 13.4. The maximum Gasteiger partial charge on any atom is 0.326 e. The van der Waals surface area contributed by atoms with Crippen molar-refractivity contribution in [2.75, 3.05) is 12.0 Å². The van der Waals surface area contributed by atoms with E-state index in [1.54, 1.807) is 24.3 Å². The number of carbonyl (C=O) groups is 2. The minimum atomic E-state index is -0.744. The van der Waals surface area contributed by atoms with Crippen molar-refractivity contribution in [1.29, 1.82) is 0 Å². The molecule has 1 aliphatic carbocycles. The second-order valence-corrected chi connectivity index (χ2v) is 6.60. The molecule has 132 valence electrons. The molecular weight excluding hydrogens is 304 g/mol. The van der Waals surface area contributed by atoms with E-state index < -0.39 is 11.4 Å². The zero-order valence-electron chi connectivity index (χ0n) is 14.7. The normalized spacial score (nSPS) is 16.4. The monoisotopic (exact) mass is 332 g/mol. The minimum absolute atomic E-state index is 0.173. The molecule has 1 fully saturated rings. The van der Waals surface area contributed by atoms with Crippen LogP contribution in [0.4, 0.5) is 10.5 Å². The highest BCUT2D eigenvalue weighted by Gasteiger charge is 2.43. The number of ether oxygens (including phenoxy) is 1. The summed E-state index contributed by atoms with van der Waals surface area (Å²) in [6.45, 7) is 2.12. The number of carbonyl (C=O) groups excluding carboxylic acids is 2. The Bertz CT molecular complexity index is 580. The molecule has 0 atom stereocenters. The summed E-state index contributed by atoms with van der Waals surface area (Å²) < 4.78 is 5.33. The highest BCUT2D eigenvalue weighted by Crippen LogP contribution is 2.44. The van der Waals surface area contributed by atoms with Gasteiger partial charge in [0.2, 0.25) is 5.91 Å². The van der Waals surface area contributed by atoms with E-state index in [1.807, 2.05) is 0 Å². The molecule has 0 bridgehead atoms. The van der Waals surface area contributed by atoms with Gasteiger partial charge in [-0.2, -0.15) is 0 Å². The average molecular weight is 332 g/mol. The third kappa shape index (κ3) is 3.71. The lowest BCUT2D eigenvalue weighted by Gasteiger charge is -2.39. The van der Waals surface area contributed by atoms with Gasteiger partial charge >= 0.3 is 6.03 Å². The molecule has 0 radical (unpaired) electrons. The molecule has 0 unspecified atom stereocenters. The zero-order chi connectivity index (χ0) is 17.6. The van der Waals surface area contributed by atoms with E-state index in [9.17, 15) is 9.59 Å². The Morgan fingerprint density at radius 1 is 1.21 bits per heavy atom. The second-order valence-electron chi connectivity index (χ2n) is 6.60. The first-order chi connectivity index (χ1) is 11.6. The van der Waals surface area contributed by atoms with Gasteiger partial charge in [-0.05, 0) is 31.4 Å². The van der Waals surface area contributed by atoms with Crippen LogP contribution in [-0.2, 0) is 4.79 Å². The third-order valence-corrected chi connectivity index (χ3v) is 5.02. The highest BCUT2D eigenvalue weighted by atomic mass is 16.5. The molecule has 0 aromatic heterocycles. The van der Waals surface area contributed by atoms with Crippen LogP contribution >= 0.6 is 0 Å². The molecular formula is C19H28N2O3. The van der Waals surface area contributed by atoms with Crippen molar-refractivity contribution in [3.63, 3.8) is 0 Å². The van der Waals surface area contributed by atoms with Crippen molar-refractivity contribution in [2.24, 2.45) is 11.1 Å². The first kappa shape index (κ1) is 18.3. The second kappa shape index (κ2) is 8.18. The van der Waals surface area contributed by atoms with Crippen LogP contribution in [0.3, 0.4) is 0 Å². The van der Waals surface area contributed by atoms with Gasteiger partial charge in [-0.25, -0.2) is 9.69 Å². The lowest BCUT2D eigenvalue weighted by Crippen LogP contribution is -2.50. The van der Waals surface area contributed by atoms with Crippen LogP contribution in [0.1, 0.15) is 58.3 Å². The molecule has 2 rings (SSSR count). The van der Waals surface area contributed by atoms with E-state index in [0.717, 1.165) is 56.3 Å². The van der Waals surface area contributed by atoms with Gasteiger partial charge in [0.05, 0.1) is 18.2 Å². The average Bonchev–Trinajstić information content (AvgIpc) is 2.61. The number of unbranched alkanes of at least 4 members (excludes halogenated alkanes) is 1. The summed E-state index contributed by atoms with van der Waals surface area (Å²) >= 11 is 0. The zero-order valence-corrected chi connectivity index (χ0v) is 14.7. The van der Waals surface area contributed by atoms with Gasteiger partial charge < -0.3 is 10.5 Å². The number of hydrogen-bond donors (Lipinski definition) is 1. The fourth-order valence-electron chi connectivity index (χ4n) is 3.69. The topological polar surface area (TPSA) is 72.6 Å². The predicted molar refractivity (Wildman–Crippen MR) is 95.1 cm³/mol. The fourth-order valence-corrected chi connectivity index (χ4v) is 3.69. The Morgan fingerprint density at radius 3 is 2.46 bits per heavy atom. The van der Waals surface area contributed by atoms with Gasteiger partial charge in [0, 0.05) is 0 Å². The van der Waals surface area contributed by atoms with E-state index in [1.165, 1.54) is 7.11 Å². The van der Waals surface area contributed by atoms with E-state index in [2.05, 4.69) is 6.92 Å². The lowest BCUT2D eigenvalue weighted by molar-refractivity contribution is -0.130. The predicted octanol–water partition coefficient (Wildman–Crippen LogP) is 4.25. The van der Waals surface area contributed by atoms with Gasteiger partial charge in [-0.1, -0.05) is 51.2 Å². The number of anilines is 1. The minimum Gasteiger partial charge on any atom is -0.495 e. The molecule has 24 heavy (non-hydrogen) atoms. The van der Waals surface area contributed by atoms with Crippen molar-refractivity contribution >= 4 is 17.6 Å². The number of primary amides is 1. The van der Waals surface area contributed by atoms with Gasteiger partial charge in [0.1, 0.15) is 5.75 Å². The molecule has 1 saturated carbocycles. The van der Waals surface area contributed by atoms with Crippen LogP contribution < -0.4 is 15.4 Å². The number of imide groups is 1. The number of nitrogens with zero attached hydrogens (tertiary/aromatic N) is 1. The molecule has 3 amide bonds. The van der Waals surface area contributed by atoms with Crippen molar-refractivity contribution < 1.29 is 14.3 Å². The molecule has 5 heteroatoms. The SMILES string of the molecule is CCCCC1(C(=O)N(C(N)=O)c2ccccc2OC)CCCCC1. The fraction of sp³-hybridized carbons (Fsp3) is 0.579. The van der Waals surface area contributed by atoms with Gasteiger partial charge in [0.15, 0.2) is 0 Å². The molecule has 1 aromatic carbocycles. The van der Waals surface area contributed by atoms with Crippen LogP contribution in [0.5, 0.6) is 5.75 Å². The van der Waals surface area contributed by atoms with E-state index in [0.29, 0.717) is 11.4 Å². The first-order valence-electron chi connectivity index (χ1n) is 8.83.